The first-order valence-electron chi connectivity index (χ1n) is 13.2. The van der Waals surface area contributed by atoms with E-state index in [1.165, 1.54) is 4.90 Å². The highest BCUT2D eigenvalue weighted by atomic mass is 32.2. The quantitative estimate of drug-likeness (QED) is 0.342. The normalized spacial score (nSPS) is 12.3. The zero-order valence-corrected chi connectivity index (χ0v) is 24.9. The molecule has 0 bridgehead atoms. The Labute approximate surface area is 238 Å². The van der Waals surface area contributed by atoms with Crippen LogP contribution in [0.4, 0.5) is 5.69 Å². The van der Waals surface area contributed by atoms with Crippen molar-refractivity contribution in [2.24, 2.45) is 0 Å². The second-order valence-electron chi connectivity index (χ2n) is 10.8. The fraction of sp³-hybridized carbons (Fsp3) is 0.355. The summed E-state index contributed by atoms with van der Waals surface area (Å²) in [5, 5.41) is 2.96. The van der Waals surface area contributed by atoms with Crippen molar-refractivity contribution in [2.45, 2.75) is 59.2 Å². The Hall–Kier alpha value is -3.85. The molecule has 0 spiro atoms. The fourth-order valence-corrected chi connectivity index (χ4v) is 5.03. The van der Waals surface area contributed by atoms with E-state index in [1.54, 1.807) is 24.3 Å². The highest BCUT2D eigenvalue weighted by molar-refractivity contribution is 7.92. The lowest BCUT2D eigenvalue weighted by Gasteiger charge is -2.34. The predicted octanol–water partition coefficient (Wildman–Crippen LogP) is 5.28. The molecule has 1 atom stereocenters. The lowest BCUT2D eigenvalue weighted by atomic mass is 10.1. The average molecular weight is 566 g/mol. The molecule has 1 unspecified atom stereocenters. The Bertz CT molecular complexity index is 1380. The number of anilines is 1. The minimum atomic E-state index is -3.83. The molecule has 40 heavy (non-hydrogen) atoms. The van der Waals surface area contributed by atoms with Gasteiger partial charge in [0.15, 0.2) is 0 Å². The van der Waals surface area contributed by atoms with Gasteiger partial charge in [0.1, 0.15) is 24.1 Å². The molecule has 0 fully saturated rings. The van der Waals surface area contributed by atoms with Gasteiger partial charge in [-0.2, -0.15) is 0 Å². The van der Waals surface area contributed by atoms with Gasteiger partial charge < -0.3 is 15.0 Å². The van der Waals surface area contributed by atoms with Gasteiger partial charge in [0, 0.05) is 12.1 Å². The molecule has 0 aromatic heterocycles. The summed E-state index contributed by atoms with van der Waals surface area (Å²) in [7, 11) is -3.83. The maximum absolute atomic E-state index is 13.8. The zero-order valence-electron chi connectivity index (χ0n) is 24.0. The summed E-state index contributed by atoms with van der Waals surface area (Å²) < 4.78 is 32.6. The maximum atomic E-state index is 13.8. The summed E-state index contributed by atoms with van der Waals surface area (Å²) in [5.41, 5.74) is 1.74. The molecule has 2 amide bonds. The summed E-state index contributed by atoms with van der Waals surface area (Å²) in [6.45, 7) is 9.14. The largest absolute Gasteiger partial charge is 0.457 e. The molecule has 3 rings (SSSR count). The van der Waals surface area contributed by atoms with E-state index in [1.807, 2.05) is 89.2 Å². The number of para-hydroxylation sites is 1. The van der Waals surface area contributed by atoms with Crippen LogP contribution in [0.2, 0.25) is 0 Å². The molecule has 9 heteroatoms. The number of amides is 2. The van der Waals surface area contributed by atoms with Crippen LogP contribution in [0.25, 0.3) is 0 Å². The number of rotatable bonds is 11. The number of carbonyl (C=O) groups is 2. The number of benzene rings is 3. The van der Waals surface area contributed by atoms with Crippen molar-refractivity contribution in [3.8, 4) is 11.5 Å². The predicted molar refractivity (Wildman–Crippen MR) is 159 cm³/mol. The third kappa shape index (κ3) is 8.84. The molecule has 0 saturated carbocycles. The van der Waals surface area contributed by atoms with Crippen LogP contribution in [0, 0.1) is 6.92 Å². The molecule has 0 aliphatic rings. The lowest BCUT2D eigenvalue weighted by molar-refractivity contribution is -0.141. The first-order valence-corrected chi connectivity index (χ1v) is 15.1. The first kappa shape index (κ1) is 30.7. The van der Waals surface area contributed by atoms with Gasteiger partial charge >= 0.3 is 0 Å². The monoisotopic (exact) mass is 565 g/mol. The number of nitrogens with zero attached hydrogens (tertiary/aromatic N) is 2. The molecule has 8 nitrogen and oxygen atoms in total. The molecule has 0 heterocycles. The average Bonchev–Trinajstić information content (AvgIpc) is 2.87. The minimum absolute atomic E-state index is 0.163. The van der Waals surface area contributed by atoms with Crippen molar-refractivity contribution < 1.29 is 22.7 Å². The summed E-state index contributed by atoms with van der Waals surface area (Å²) in [6, 6.07) is 22.6. The van der Waals surface area contributed by atoms with Gasteiger partial charge in [0.2, 0.25) is 21.8 Å². The molecule has 1 N–H and O–H groups in total. The number of sulfonamides is 1. The number of hydrogen-bond donors (Lipinski definition) is 1. The third-order valence-corrected chi connectivity index (χ3v) is 7.28. The van der Waals surface area contributed by atoms with Crippen LogP contribution in [0.5, 0.6) is 11.5 Å². The molecule has 214 valence electrons. The smallest absolute Gasteiger partial charge is 0.244 e. The fourth-order valence-electron chi connectivity index (χ4n) is 4.18. The van der Waals surface area contributed by atoms with E-state index in [-0.39, 0.29) is 12.5 Å². The Balaban J connectivity index is 1.90. The van der Waals surface area contributed by atoms with Crippen molar-refractivity contribution in [3.05, 3.63) is 90.0 Å². The standard InChI is InChI=1S/C31H39N3O5S/c1-7-28(30(36)32-31(3,4)5)33(21-24-15-13-23(2)14-16-24)29(35)22-34(40(6,37)38)25-17-19-27(20-18-25)39-26-11-9-8-10-12-26/h8-20,28H,7,21-22H2,1-6H3,(H,32,36). The van der Waals surface area contributed by atoms with Gasteiger partial charge in [-0.1, -0.05) is 55.0 Å². The lowest BCUT2D eigenvalue weighted by Crippen LogP contribution is -2.55. The van der Waals surface area contributed by atoms with E-state index in [2.05, 4.69) is 5.32 Å². The van der Waals surface area contributed by atoms with Crippen LogP contribution in [0.1, 0.15) is 45.2 Å². The highest BCUT2D eigenvalue weighted by Crippen LogP contribution is 2.26. The Morgan fingerprint density at radius 3 is 2.00 bits per heavy atom. The number of aryl methyl sites for hydroxylation is 1. The third-order valence-electron chi connectivity index (χ3n) is 6.14. The number of carbonyl (C=O) groups excluding carboxylic acids is 2. The number of nitrogens with one attached hydrogen (secondary N) is 1. The molecular formula is C31H39N3O5S. The maximum Gasteiger partial charge on any atom is 0.244 e. The second kappa shape index (κ2) is 13.0. The van der Waals surface area contributed by atoms with Crippen molar-refractivity contribution in [2.75, 3.05) is 17.1 Å². The SMILES string of the molecule is CCC(C(=O)NC(C)(C)C)N(Cc1ccc(C)cc1)C(=O)CN(c1ccc(Oc2ccccc2)cc1)S(C)(=O)=O. The van der Waals surface area contributed by atoms with E-state index < -0.39 is 34.1 Å². The zero-order chi connectivity index (χ0) is 29.5. The van der Waals surface area contributed by atoms with E-state index in [0.29, 0.717) is 23.6 Å². The molecule has 0 radical (unpaired) electrons. The molecule has 0 aliphatic heterocycles. The summed E-state index contributed by atoms with van der Waals surface area (Å²) in [6.07, 6.45) is 1.42. The van der Waals surface area contributed by atoms with Gasteiger partial charge in [0.25, 0.3) is 0 Å². The molecule has 0 aliphatic carbocycles. The molecule has 0 saturated heterocycles. The van der Waals surface area contributed by atoms with Crippen LogP contribution >= 0.6 is 0 Å². The Morgan fingerprint density at radius 1 is 0.900 bits per heavy atom. The minimum Gasteiger partial charge on any atom is -0.457 e. The van der Waals surface area contributed by atoms with Crippen molar-refractivity contribution in [1.29, 1.82) is 0 Å². The molecule has 3 aromatic rings. The highest BCUT2D eigenvalue weighted by Gasteiger charge is 2.33. The van der Waals surface area contributed by atoms with Crippen LogP contribution in [-0.2, 0) is 26.2 Å². The van der Waals surface area contributed by atoms with Crippen molar-refractivity contribution in [3.63, 3.8) is 0 Å². The number of ether oxygens (including phenoxy) is 1. The van der Waals surface area contributed by atoms with Crippen molar-refractivity contribution in [1.82, 2.24) is 10.2 Å². The van der Waals surface area contributed by atoms with Gasteiger partial charge in [-0.15, -0.1) is 0 Å². The van der Waals surface area contributed by atoms with Gasteiger partial charge in [0.05, 0.1) is 11.9 Å². The van der Waals surface area contributed by atoms with Crippen molar-refractivity contribution >= 4 is 27.5 Å². The van der Waals surface area contributed by atoms with Gasteiger partial charge in [-0.3, -0.25) is 13.9 Å². The van der Waals surface area contributed by atoms with Gasteiger partial charge in [-0.25, -0.2) is 8.42 Å². The summed E-state index contributed by atoms with van der Waals surface area (Å²) in [5.74, 6) is 0.409. The molecular weight excluding hydrogens is 526 g/mol. The molecule has 3 aromatic carbocycles. The Kier molecular flexibility index (Phi) is 9.98. The summed E-state index contributed by atoms with van der Waals surface area (Å²) >= 11 is 0. The number of hydrogen-bond acceptors (Lipinski definition) is 5. The van der Waals surface area contributed by atoms with Gasteiger partial charge in [-0.05, 0) is 76.1 Å². The first-order chi connectivity index (χ1) is 18.8. The Morgan fingerprint density at radius 2 is 1.48 bits per heavy atom. The summed E-state index contributed by atoms with van der Waals surface area (Å²) in [4.78, 5) is 28.6. The van der Waals surface area contributed by atoms with Crippen LogP contribution in [0.3, 0.4) is 0 Å². The van der Waals surface area contributed by atoms with E-state index in [9.17, 15) is 18.0 Å². The van der Waals surface area contributed by atoms with Crippen LogP contribution in [-0.4, -0.2) is 49.5 Å². The topological polar surface area (TPSA) is 96.0 Å². The van der Waals surface area contributed by atoms with E-state index in [0.717, 1.165) is 21.7 Å². The van der Waals surface area contributed by atoms with E-state index in [4.69, 9.17) is 4.74 Å². The van der Waals surface area contributed by atoms with Crippen LogP contribution < -0.4 is 14.4 Å². The van der Waals surface area contributed by atoms with E-state index >= 15 is 0 Å². The second-order valence-corrected chi connectivity index (χ2v) is 12.8. The van der Waals surface area contributed by atoms with Crippen LogP contribution in [0.15, 0.2) is 78.9 Å².